The summed E-state index contributed by atoms with van der Waals surface area (Å²) in [4.78, 5) is 19.2. The number of anilines is 1. The van der Waals surface area contributed by atoms with Gasteiger partial charge in [0.25, 0.3) is 5.91 Å². The number of nitrogens with one attached hydrogen (secondary N) is 1. The fourth-order valence-electron chi connectivity index (χ4n) is 3.73. The van der Waals surface area contributed by atoms with E-state index in [0.29, 0.717) is 17.1 Å². The molecule has 0 atom stereocenters. The van der Waals surface area contributed by atoms with Crippen molar-refractivity contribution in [2.24, 2.45) is 4.99 Å². The molecule has 6 heteroatoms. The van der Waals surface area contributed by atoms with E-state index >= 15 is 0 Å². The van der Waals surface area contributed by atoms with Crippen LogP contribution in [0.1, 0.15) is 39.2 Å². The molecule has 4 rings (SSSR count). The molecule has 1 aliphatic carbocycles. The fourth-order valence-corrected chi connectivity index (χ4v) is 4.96. The highest BCUT2D eigenvalue weighted by Gasteiger charge is 2.25. The van der Waals surface area contributed by atoms with E-state index in [1.165, 1.54) is 4.88 Å². The Hall–Kier alpha value is -3.12. The molecule has 1 aliphatic rings. The summed E-state index contributed by atoms with van der Waals surface area (Å²) in [5.74, 6) is 1.17. The van der Waals surface area contributed by atoms with Crippen LogP contribution in [0.25, 0.3) is 0 Å². The number of benzene rings is 2. The molecule has 0 saturated carbocycles. The second-order valence-corrected chi connectivity index (χ2v) is 8.14. The number of carbonyl (C=O) groups is 1. The molecular formula is C24H24N2O3S. The van der Waals surface area contributed by atoms with Gasteiger partial charge in [0.15, 0.2) is 11.5 Å². The largest absolute Gasteiger partial charge is 0.493 e. The lowest BCUT2D eigenvalue weighted by molar-refractivity contribution is 0.102. The van der Waals surface area contributed by atoms with Crippen LogP contribution in [0.2, 0.25) is 0 Å². The van der Waals surface area contributed by atoms with Gasteiger partial charge in [0.2, 0.25) is 0 Å². The monoisotopic (exact) mass is 420 g/mol. The molecule has 0 saturated heterocycles. The van der Waals surface area contributed by atoms with Crippen molar-refractivity contribution in [1.29, 1.82) is 0 Å². The first kappa shape index (κ1) is 20.2. The molecule has 154 valence electrons. The predicted octanol–water partition coefficient (Wildman–Crippen LogP) is 5.65. The predicted molar refractivity (Wildman–Crippen MR) is 122 cm³/mol. The third-order valence-corrected chi connectivity index (χ3v) is 6.37. The maximum absolute atomic E-state index is 13.2. The molecule has 0 bridgehead atoms. The van der Waals surface area contributed by atoms with E-state index in [1.807, 2.05) is 48.5 Å². The SMILES string of the molecule is COc1cccc(/C=N/c2sc3c(c2C(=O)Nc2ccccc2)CCCC3)c1OC. The number of hydrogen-bond donors (Lipinski definition) is 1. The van der Waals surface area contributed by atoms with Crippen molar-refractivity contribution in [1.82, 2.24) is 0 Å². The van der Waals surface area contributed by atoms with Crippen molar-refractivity contribution >= 4 is 34.1 Å². The van der Waals surface area contributed by atoms with Gasteiger partial charge < -0.3 is 14.8 Å². The van der Waals surface area contributed by atoms with Gasteiger partial charge in [0.05, 0.1) is 19.8 Å². The van der Waals surface area contributed by atoms with Gasteiger partial charge in [-0.25, -0.2) is 4.99 Å². The highest BCUT2D eigenvalue weighted by molar-refractivity contribution is 7.16. The van der Waals surface area contributed by atoms with Crippen molar-refractivity contribution in [2.75, 3.05) is 19.5 Å². The number of rotatable bonds is 6. The highest BCUT2D eigenvalue weighted by atomic mass is 32.1. The summed E-state index contributed by atoms with van der Waals surface area (Å²) in [5, 5.41) is 3.76. The van der Waals surface area contributed by atoms with Crippen LogP contribution in [0, 0.1) is 0 Å². The van der Waals surface area contributed by atoms with Gasteiger partial charge in [-0.1, -0.05) is 24.3 Å². The number of fused-ring (bicyclic) bond motifs is 1. The molecule has 1 heterocycles. The Morgan fingerprint density at radius 3 is 2.60 bits per heavy atom. The molecule has 0 aliphatic heterocycles. The molecule has 0 unspecified atom stereocenters. The van der Waals surface area contributed by atoms with Crippen molar-refractivity contribution in [3.63, 3.8) is 0 Å². The van der Waals surface area contributed by atoms with Crippen LogP contribution in [0.3, 0.4) is 0 Å². The summed E-state index contributed by atoms with van der Waals surface area (Å²) in [6.45, 7) is 0. The van der Waals surface area contributed by atoms with Gasteiger partial charge in [-0.2, -0.15) is 0 Å². The van der Waals surface area contributed by atoms with Gasteiger partial charge in [0, 0.05) is 22.3 Å². The van der Waals surface area contributed by atoms with E-state index in [4.69, 9.17) is 14.5 Å². The van der Waals surface area contributed by atoms with Crippen LogP contribution in [0.4, 0.5) is 10.7 Å². The number of carbonyl (C=O) groups excluding carboxylic acids is 1. The Morgan fingerprint density at radius 2 is 1.83 bits per heavy atom. The summed E-state index contributed by atoms with van der Waals surface area (Å²) in [6, 6.07) is 15.2. The second kappa shape index (κ2) is 9.13. The van der Waals surface area contributed by atoms with Gasteiger partial charge >= 0.3 is 0 Å². The first-order chi connectivity index (χ1) is 14.7. The number of methoxy groups -OCH3 is 2. The van der Waals surface area contributed by atoms with E-state index < -0.39 is 0 Å². The zero-order chi connectivity index (χ0) is 20.9. The zero-order valence-corrected chi connectivity index (χ0v) is 17.9. The third-order valence-electron chi connectivity index (χ3n) is 5.17. The van der Waals surface area contributed by atoms with Crippen LogP contribution < -0.4 is 14.8 Å². The Labute approximate surface area is 180 Å². The summed E-state index contributed by atoms with van der Waals surface area (Å²) in [6.07, 6.45) is 5.92. The lowest BCUT2D eigenvalue weighted by Gasteiger charge is -2.13. The van der Waals surface area contributed by atoms with E-state index in [0.717, 1.165) is 47.5 Å². The first-order valence-corrected chi connectivity index (χ1v) is 10.8. The molecule has 0 fully saturated rings. The van der Waals surface area contributed by atoms with Crippen molar-refractivity contribution < 1.29 is 14.3 Å². The number of aryl methyl sites for hydroxylation is 1. The Kier molecular flexibility index (Phi) is 6.14. The zero-order valence-electron chi connectivity index (χ0n) is 17.1. The number of thiophene rings is 1. The minimum Gasteiger partial charge on any atom is -0.493 e. The summed E-state index contributed by atoms with van der Waals surface area (Å²) < 4.78 is 10.9. The van der Waals surface area contributed by atoms with Crippen molar-refractivity contribution in [3.05, 3.63) is 70.1 Å². The molecule has 1 aromatic heterocycles. The molecule has 30 heavy (non-hydrogen) atoms. The number of ether oxygens (including phenoxy) is 2. The van der Waals surface area contributed by atoms with Crippen molar-refractivity contribution in [2.45, 2.75) is 25.7 Å². The minimum atomic E-state index is -0.106. The normalized spacial score (nSPS) is 13.1. The van der Waals surface area contributed by atoms with E-state index in [9.17, 15) is 4.79 Å². The van der Waals surface area contributed by atoms with E-state index in [1.54, 1.807) is 31.8 Å². The first-order valence-electron chi connectivity index (χ1n) is 9.97. The second-order valence-electron chi connectivity index (χ2n) is 7.05. The number of para-hydroxylation sites is 2. The molecule has 0 radical (unpaired) electrons. The molecule has 1 N–H and O–H groups in total. The average Bonchev–Trinajstić information content (AvgIpc) is 3.16. The minimum absolute atomic E-state index is 0.106. The lowest BCUT2D eigenvalue weighted by atomic mass is 9.95. The van der Waals surface area contributed by atoms with Gasteiger partial charge in [-0.05, 0) is 55.5 Å². The van der Waals surface area contributed by atoms with Crippen molar-refractivity contribution in [3.8, 4) is 11.5 Å². The van der Waals surface area contributed by atoms with E-state index in [-0.39, 0.29) is 5.91 Å². The standard InChI is InChI=1S/C24H24N2O3S/c1-28-19-13-8-9-16(22(19)29-2)15-25-24-21(18-12-6-7-14-20(18)30-24)23(27)26-17-10-4-3-5-11-17/h3-5,8-11,13,15H,6-7,12,14H2,1-2H3,(H,26,27)/b25-15+. The quantitative estimate of drug-likeness (QED) is 0.525. The topological polar surface area (TPSA) is 59.9 Å². The maximum atomic E-state index is 13.2. The molecule has 0 spiro atoms. The molecule has 3 aromatic rings. The fraction of sp³-hybridized carbons (Fsp3) is 0.250. The van der Waals surface area contributed by atoms with E-state index in [2.05, 4.69) is 5.32 Å². The average molecular weight is 421 g/mol. The van der Waals surface area contributed by atoms with Gasteiger partial charge in [0.1, 0.15) is 5.00 Å². The Balaban J connectivity index is 1.71. The number of aliphatic imine (C=N–C) groups is 1. The number of nitrogens with zero attached hydrogens (tertiary/aromatic N) is 1. The molecule has 2 aromatic carbocycles. The number of amides is 1. The third kappa shape index (κ3) is 4.09. The van der Waals surface area contributed by atoms with Crippen LogP contribution in [0.15, 0.2) is 53.5 Å². The van der Waals surface area contributed by atoms with Crippen LogP contribution in [0.5, 0.6) is 11.5 Å². The van der Waals surface area contributed by atoms with Gasteiger partial charge in [-0.15, -0.1) is 11.3 Å². The number of hydrogen-bond acceptors (Lipinski definition) is 5. The maximum Gasteiger partial charge on any atom is 0.259 e. The smallest absolute Gasteiger partial charge is 0.259 e. The summed E-state index contributed by atoms with van der Waals surface area (Å²) in [5.41, 5.74) is 3.42. The Morgan fingerprint density at radius 1 is 1.03 bits per heavy atom. The Bertz CT molecular complexity index is 1070. The molecular weight excluding hydrogens is 396 g/mol. The molecule has 1 amide bonds. The molecule has 5 nitrogen and oxygen atoms in total. The van der Waals surface area contributed by atoms with Crippen LogP contribution in [-0.2, 0) is 12.8 Å². The summed E-state index contributed by atoms with van der Waals surface area (Å²) in [7, 11) is 3.22. The lowest BCUT2D eigenvalue weighted by Crippen LogP contribution is -2.14. The van der Waals surface area contributed by atoms with Crippen LogP contribution >= 0.6 is 11.3 Å². The van der Waals surface area contributed by atoms with Gasteiger partial charge in [-0.3, -0.25) is 4.79 Å². The highest BCUT2D eigenvalue weighted by Crippen LogP contribution is 2.40. The van der Waals surface area contributed by atoms with Crippen LogP contribution in [-0.4, -0.2) is 26.3 Å². The summed E-state index contributed by atoms with van der Waals surface area (Å²) >= 11 is 1.61.